The molecule has 18 heteroatoms. The van der Waals surface area contributed by atoms with Crippen molar-refractivity contribution in [2.24, 2.45) is 11.8 Å². The highest BCUT2D eigenvalue weighted by atomic mass is 35.5. The topological polar surface area (TPSA) is 87.3 Å². The highest BCUT2D eigenvalue weighted by molar-refractivity contribution is 6.53. The van der Waals surface area contributed by atoms with E-state index < -0.39 is 93.0 Å². The summed E-state index contributed by atoms with van der Waals surface area (Å²) in [6, 6.07) is 6.86. The lowest BCUT2D eigenvalue weighted by Gasteiger charge is -2.16. The number of hydrogen-bond acceptors (Lipinski definition) is 3. The van der Waals surface area contributed by atoms with E-state index in [0.717, 1.165) is 24.3 Å². The molecule has 3 aromatic rings. The van der Waals surface area contributed by atoms with Crippen molar-refractivity contribution in [3.05, 3.63) is 87.7 Å². The average molecular weight is 735 g/mol. The molecule has 6 nitrogen and oxygen atoms in total. The summed E-state index contributed by atoms with van der Waals surface area (Å²) in [4.78, 5) is 38.0. The van der Waals surface area contributed by atoms with Crippen LogP contribution in [0.25, 0.3) is 0 Å². The second kappa shape index (κ2) is 13.1. The normalized spacial score (nSPS) is 17.9. The van der Waals surface area contributed by atoms with E-state index in [0.29, 0.717) is 25.1 Å². The van der Waals surface area contributed by atoms with Crippen LogP contribution in [0, 0.1) is 29.3 Å². The van der Waals surface area contributed by atoms with E-state index in [1.807, 2.05) is 0 Å². The van der Waals surface area contributed by atoms with Crippen LogP contribution in [0.3, 0.4) is 0 Å². The lowest BCUT2D eigenvalue weighted by molar-refractivity contribution is -0.173. The number of benzene rings is 3. The van der Waals surface area contributed by atoms with Crippen molar-refractivity contribution < 1.29 is 53.9 Å². The van der Waals surface area contributed by atoms with Crippen molar-refractivity contribution in [1.82, 2.24) is 0 Å². The molecule has 1 fully saturated rings. The molecule has 252 valence electrons. The lowest BCUT2D eigenvalue weighted by atomic mass is 10.0. The van der Waals surface area contributed by atoms with E-state index in [1.165, 1.54) is 6.07 Å². The third kappa shape index (κ3) is 7.90. The fraction of sp³-hybridized carbons (Fsp3) is 0.276. The zero-order chi connectivity index (χ0) is 35.2. The minimum Gasteiger partial charge on any atom is -0.326 e. The van der Waals surface area contributed by atoms with Crippen molar-refractivity contribution in [2.75, 3.05) is 16.0 Å². The summed E-state index contributed by atoms with van der Waals surface area (Å²) < 4.78 is 119. The van der Waals surface area contributed by atoms with Gasteiger partial charge in [0, 0.05) is 18.0 Å². The molecule has 1 unspecified atom stereocenters. The second-order valence-corrected chi connectivity index (χ2v) is 12.3. The van der Waals surface area contributed by atoms with Crippen LogP contribution in [0.5, 0.6) is 0 Å². The first kappa shape index (κ1) is 36.2. The molecule has 3 aromatic carbocycles. The van der Waals surface area contributed by atoms with Gasteiger partial charge in [0.25, 0.3) is 5.91 Å². The van der Waals surface area contributed by atoms with E-state index >= 15 is 4.39 Å². The highest BCUT2D eigenvalue weighted by Gasteiger charge is 2.67. The Hall–Kier alpha value is -3.69. The van der Waals surface area contributed by atoms with Gasteiger partial charge in [0.1, 0.15) is 21.7 Å². The van der Waals surface area contributed by atoms with Gasteiger partial charge in [-0.1, -0.05) is 24.6 Å². The molecule has 0 aliphatic heterocycles. The number of hydrogen-bond donors (Lipinski definition) is 3. The van der Waals surface area contributed by atoms with Crippen LogP contribution >= 0.6 is 34.8 Å². The SMILES string of the molecule is CC(CC(=O)Nc1c(F)ccc(NC(=O)c2cc(NC(=O)[C@H]3[C@H](c4ccc(F)c(C(F)(F)F)c4)C3(Cl)Cl)ccc2Cl)c1F)C(F)(F)F. The van der Waals surface area contributed by atoms with Gasteiger partial charge in [0.05, 0.1) is 33.7 Å². The van der Waals surface area contributed by atoms with Crippen molar-refractivity contribution in [2.45, 2.75) is 35.9 Å². The molecule has 0 heterocycles. The van der Waals surface area contributed by atoms with Gasteiger partial charge in [-0.15, -0.1) is 23.2 Å². The van der Waals surface area contributed by atoms with E-state index in [1.54, 1.807) is 5.32 Å². The summed E-state index contributed by atoms with van der Waals surface area (Å²) in [5.41, 5.74) is -4.04. The minimum atomic E-state index is -5.03. The van der Waals surface area contributed by atoms with Gasteiger partial charge < -0.3 is 16.0 Å². The third-order valence-corrected chi connectivity index (χ3v) is 8.39. The smallest absolute Gasteiger partial charge is 0.326 e. The largest absolute Gasteiger partial charge is 0.419 e. The van der Waals surface area contributed by atoms with Crippen molar-refractivity contribution in [1.29, 1.82) is 0 Å². The van der Waals surface area contributed by atoms with E-state index in [9.17, 15) is 49.5 Å². The monoisotopic (exact) mass is 733 g/mol. The number of carbonyl (C=O) groups excluding carboxylic acids is 3. The summed E-state index contributed by atoms with van der Waals surface area (Å²) >= 11 is 18.5. The van der Waals surface area contributed by atoms with Crippen LogP contribution in [-0.2, 0) is 15.8 Å². The molecule has 0 aromatic heterocycles. The van der Waals surface area contributed by atoms with Crippen molar-refractivity contribution in [3.8, 4) is 0 Å². The molecule has 0 saturated heterocycles. The molecule has 0 bridgehead atoms. The zero-order valence-electron chi connectivity index (χ0n) is 23.3. The van der Waals surface area contributed by atoms with Crippen LogP contribution < -0.4 is 16.0 Å². The fourth-order valence-corrected chi connectivity index (χ4v) is 5.59. The standard InChI is InChI=1S/C29H19Cl3F9N3O3/c1-11(28(36,37)38)8-20(45)44-24-18(34)6-7-19(23(24)35)43-25(46)14-10-13(3-4-16(14)30)42-26(47)22-21(27(22,31)32)12-2-5-17(33)15(9-12)29(39,40)41/h2-7,9-11,21-22H,8H2,1H3,(H,42,47)(H,43,46)(H,44,45)/t11?,21-,22+/m0/s1. The van der Waals surface area contributed by atoms with Gasteiger partial charge in [-0.3, -0.25) is 14.4 Å². The first-order chi connectivity index (χ1) is 21.6. The number of anilines is 3. The van der Waals surface area contributed by atoms with E-state index in [2.05, 4.69) is 10.6 Å². The van der Waals surface area contributed by atoms with E-state index in [-0.39, 0.29) is 21.8 Å². The second-order valence-electron chi connectivity index (χ2n) is 10.5. The van der Waals surface area contributed by atoms with Crippen LogP contribution in [0.1, 0.15) is 40.7 Å². The Kier molecular flexibility index (Phi) is 10.1. The molecule has 0 radical (unpaired) electrons. The molecule has 3 atom stereocenters. The minimum absolute atomic E-state index is 0.0965. The molecule has 3 N–H and O–H groups in total. The fourth-order valence-electron chi connectivity index (χ4n) is 4.56. The maximum Gasteiger partial charge on any atom is 0.419 e. The summed E-state index contributed by atoms with van der Waals surface area (Å²) in [7, 11) is 0. The number of alkyl halides is 8. The molecule has 4 rings (SSSR count). The van der Waals surface area contributed by atoms with Gasteiger partial charge >= 0.3 is 12.4 Å². The first-order valence-electron chi connectivity index (χ1n) is 13.1. The zero-order valence-corrected chi connectivity index (χ0v) is 25.6. The molecule has 1 aliphatic carbocycles. The molecular weight excluding hydrogens is 716 g/mol. The summed E-state index contributed by atoms with van der Waals surface area (Å²) in [5, 5.41) is 5.96. The summed E-state index contributed by atoms with van der Waals surface area (Å²) in [6.45, 7) is 0.701. The Morgan fingerprint density at radius 1 is 0.872 bits per heavy atom. The Labute approximate surface area is 274 Å². The van der Waals surface area contributed by atoms with Gasteiger partial charge in [-0.05, 0) is 48.0 Å². The summed E-state index contributed by atoms with van der Waals surface area (Å²) in [6.07, 6.45) is -10.9. The average Bonchev–Trinajstić information content (AvgIpc) is 3.54. The predicted molar refractivity (Wildman–Crippen MR) is 155 cm³/mol. The van der Waals surface area contributed by atoms with Crippen molar-refractivity contribution in [3.63, 3.8) is 0 Å². The first-order valence-corrected chi connectivity index (χ1v) is 14.3. The highest BCUT2D eigenvalue weighted by Crippen LogP contribution is 2.65. The number of nitrogens with one attached hydrogen (secondary N) is 3. The van der Waals surface area contributed by atoms with E-state index in [4.69, 9.17) is 34.8 Å². The molecule has 1 saturated carbocycles. The van der Waals surface area contributed by atoms with Crippen LogP contribution in [0.2, 0.25) is 5.02 Å². The molecular formula is C29H19Cl3F9N3O3. The van der Waals surface area contributed by atoms with Gasteiger partial charge in [-0.2, -0.15) is 26.3 Å². The van der Waals surface area contributed by atoms with Crippen LogP contribution in [-0.4, -0.2) is 28.2 Å². The molecule has 47 heavy (non-hydrogen) atoms. The van der Waals surface area contributed by atoms with Crippen LogP contribution in [0.4, 0.5) is 56.6 Å². The van der Waals surface area contributed by atoms with Crippen molar-refractivity contribution >= 4 is 69.6 Å². The Bertz CT molecular complexity index is 1750. The number of carbonyl (C=O) groups is 3. The Balaban J connectivity index is 1.50. The maximum atomic E-state index is 15.1. The van der Waals surface area contributed by atoms with Gasteiger partial charge in [0.15, 0.2) is 5.82 Å². The van der Waals surface area contributed by atoms with Gasteiger partial charge in [-0.25, -0.2) is 13.2 Å². The maximum absolute atomic E-state index is 15.1. The summed E-state index contributed by atoms with van der Waals surface area (Å²) in [5.74, 6) is -12.4. The molecule has 0 spiro atoms. The Morgan fingerprint density at radius 2 is 1.51 bits per heavy atom. The number of amides is 3. The molecule has 1 aliphatic rings. The van der Waals surface area contributed by atoms with Crippen LogP contribution in [0.15, 0.2) is 48.5 Å². The molecule has 3 amide bonds. The number of rotatable bonds is 8. The quantitative estimate of drug-likeness (QED) is 0.160. The predicted octanol–water partition coefficient (Wildman–Crippen LogP) is 9.08. The van der Waals surface area contributed by atoms with Gasteiger partial charge in [0.2, 0.25) is 11.8 Å². The number of halogens is 12. The lowest BCUT2D eigenvalue weighted by Crippen LogP contribution is -2.26. The Morgan fingerprint density at radius 3 is 2.13 bits per heavy atom. The third-order valence-electron chi connectivity index (χ3n) is 7.12.